The van der Waals surface area contributed by atoms with E-state index in [9.17, 15) is 18.0 Å². The molecule has 166 valence electrons. The van der Waals surface area contributed by atoms with Gasteiger partial charge in [0.2, 0.25) is 10.0 Å². The number of fused-ring (bicyclic) bond motifs is 1. The summed E-state index contributed by atoms with van der Waals surface area (Å²) in [7, 11) is -0.664. The molecule has 31 heavy (non-hydrogen) atoms. The third-order valence-electron chi connectivity index (χ3n) is 5.05. The number of hydrogen-bond acceptors (Lipinski definition) is 6. The van der Waals surface area contributed by atoms with Gasteiger partial charge in [-0.3, -0.25) is 4.79 Å². The van der Waals surface area contributed by atoms with Crippen molar-refractivity contribution in [2.45, 2.75) is 30.7 Å². The molecule has 8 nitrogen and oxygen atoms in total. The lowest BCUT2D eigenvalue weighted by atomic mass is 9.98. The monoisotopic (exact) mass is 445 g/mol. The lowest BCUT2D eigenvalue weighted by Gasteiger charge is -2.40. The minimum absolute atomic E-state index is 0.0461. The lowest BCUT2D eigenvalue weighted by Crippen LogP contribution is -2.54. The minimum atomic E-state index is -3.55. The molecule has 9 heteroatoms. The van der Waals surface area contributed by atoms with E-state index in [-0.39, 0.29) is 23.0 Å². The van der Waals surface area contributed by atoms with Crippen LogP contribution < -0.4 is 10.2 Å². The third-order valence-corrected chi connectivity index (χ3v) is 6.88. The Hall–Kier alpha value is -2.91. The summed E-state index contributed by atoms with van der Waals surface area (Å²) in [6, 6.07) is 13.2. The molecule has 2 aromatic carbocycles. The van der Waals surface area contributed by atoms with E-state index >= 15 is 0 Å². The van der Waals surface area contributed by atoms with Crippen molar-refractivity contribution in [3.05, 3.63) is 54.1 Å². The first-order chi connectivity index (χ1) is 14.5. The van der Waals surface area contributed by atoms with Gasteiger partial charge in [-0.25, -0.2) is 17.5 Å². The van der Waals surface area contributed by atoms with E-state index in [0.717, 1.165) is 15.7 Å². The van der Waals surface area contributed by atoms with Gasteiger partial charge in [-0.05, 0) is 56.7 Å². The summed E-state index contributed by atoms with van der Waals surface area (Å²) in [5, 5.41) is 3.25. The Bertz CT molecular complexity index is 1080. The average molecular weight is 446 g/mol. The molecular weight excluding hydrogens is 418 g/mol. The van der Waals surface area contributed by atoms with E-state index in [2.05, 4.69) is 5.32 Å². The topological polar surface area (TPSA) is 96.0 Å². The molecule has 3 rings (SSSR count). The Kier molecular flexibility index (Phi) is 6.38. The predicted molar refractivity (Wildman–Crippen MR) is 119 cm³/mol. The van der Waals surface area contributed by atoms with Crippen molar-refractivity contribution in [1.29, 1.82) is 0 Å². The number of anilines is 2. The molecule has 1 aliphatic rings. The van der Waals surface area contributed by atoms with E-state index in [0.29, 0.717) is 13.0 Å². The quantitative estimate of drug-likeness (QED) is 0.520. The van der Waals surface area contributed by atoms with Gasteiger partial charge in [0.15, 0.2) is 0 Å². The maximum absolute atomic E-state index is 12.8. The summed E-state index contributed by atoms with van der Waals surface area (Å²) < 4.78 is 30.6. The molecule has 0 unspecified atom stereocenters. The van der Waals surface area contributed by atoms with Gasteiger partial charge in [-0.2, -0.15) is 0 Å². The van der Waals surface area contributed by atoms with Crippen LogP contribution in [-0.2, 0) is 19.6 Å². The van der Waals surface area contributed by atoms with Crippen LogP contribution in [0.1, 0.15) is 30.6 Å². The molecule has 0 fully saturated rings. The van der Waals surface area contributed by atoms with Crippen molar-refractivity contribution in [3.8, 4) is 0 Å². The van der Waals surface area contributed by atoms with Gasteiger partial charge in [0.05, 0.1) is 28.4 Å². The molecule has 0 radical (unpaired) electrons. The number of carbonyl (C=O) groups is 2. The Morgan fingerprint density at radius 1 is 1.10 bits per heavy atom. The van der Waals surface area contributed by atoms with Crippen molar-refractivity contribution < 1.29 is 22.7 Å². The number of hydrogen-bond donors (Lipinski definition) is 1. The van der Waals surface area contributed by atoms with Crippen LogP contribution in [0.25, 0.3) is 0 Å². The van der Waals surface area contributed by atoms with Crippen molar-refractivity contribution in [2.75, 3.05) is 37.5 Å². The van der Waals surface area contributed by atoms with Gasteiger partial charge >= 0.3 is 5.97 Å². The Morgan fingerprint density at radius 2 is 1.74 bits per heavy atom. The summed E-state index contributed by atoms with van der Waals surface area (Å²) in [6.07, 6.45) is 0.467. The number of sulfonamides is 1. The highest BCUT2D eigenvalue weighted by molar-refractivity contribution is 7.89. The number of esters is 1. The fourth-order valence-corrected chi connectivity index (χ4v) is 4.22. The standard InChI is InChI=1S/C22H27N3O5S/c1-22(2)21(27)25(19-9-6-5-8-18(19)23-22)14-7-15-30-20(26)16-10-12-17(13-11-16)31(28,29)24(3)4/h5-6,8-13,23H,7,14-15H2,1-4H3. The molecule has 1 aliphatic heterocycles. The number of nitrogens with one attached hydrogen (secondary N) is 1. The van der Waals surface area contributed by atoms with Crippen molar-refractivity contribution >= 4 is 33.3 Å². The highest BCUT2D eigenvalue weighted by Gasteiger charge is 2.38. The molecular formula is C22H27N3O5S. The van der Waals surface area contributed by atoms with Crippen LogP contribution in [0, 0.1) is 0 Å². The van der Waals surface area contributed by atoms with Crippen LogP contribution in [0.3, 0.4) is 0 Å². The Morgan fingerprint density at radius 3 is 2.39 bits per heavy atom. The highest BCUT2D eigenvalue weighted by Crippen LogP contribution is 2.35. The van der Waals surface area contributed by atoms with E-state index in [1.165, 1.54) is 38.4 Å². The fraction of sp³-hybridized carbons (Fsp3) is 0.364. The largest absolute Gasteiger partial charge is 0.462 e. The molecule has 0 aliphatic carbocycles. The van der Waals surface area contributed by atoms with Gasteiger partial charge in [0.25, 0.3) is 5.91 Å². The predicted octanol–water partition coefficient (Wildman–Crippen LogP) is 2.72. The van der Waals surface area contributed by atoms with Gasteiger partial charge < -0.3 is 15.0 Å². The molecule has 0 spiro atoms. The summed E-state index contributed by atoms with van der Waals surface area (Å²) in [5.74, 6) is -0.587. The fourth-order valence-electron chi connectivity index (χ4n) is 3.32. The molecule has 2 aromatic rings. The normalized spacial score (nSPS) is 15.4. The summed E-state index contributed by atoms with van der Waals surface area (Å²) in [6.45, 7) is 4.21. The van der Waals surface area contributed by atoms with Gasteiger partial charge in [0.1, 0.15) is 5.54 Å². The number of nitrogens with zero attached hydrogens (tertiary/aromatic N) is 2. The zero-order valence-corrected chi connectivity index (χ0v) is 18.9. The summed E-state index contributed by atoms with van der Waals surface area (Å²) in [4.78, 5) is 26.9. The van der Waals surface area contributed by atoms with Crippen LogP contribution in [-0.4, -0.2) is 57.4 Å². The zero-order chi connectivity index (χ0) is 22.8. The lowest BCUT2D eigenvalue weighted by molar-refractivity contribution is -0.122. The summed E-state index contributed by atoms with van der Waals surface area (Å²) >= 11 is 0. The third kappa shape index (κ3) is 4.72. The van der Waals surface area contributed by atoms with Crippen LogP contribution in [0.2, 0.25) is 0 Å². The van der Waals surface area contributed by atoms with Crippen LogP contribution in [0.5, 0.6) is 0 Å². The number of para-hydroxylation sites is 2. The molecule has 0 saturated carbocycles. The van der Waals surface area contributed by atoms with Crippen LogP contribution >= 0.6 is 0 Å². The molecule has 0 bridgehead atoms. The average Bonchev–Trinajstić information content (AvgIpc) is 2.73. The van der Waals surface area contributed by atoms with E-state index in [4.69, 9.17) is 4.74 Å². The highest BCUT2D eigenvalue weighted by atomic mass is 32.2. The number of rotatable bonds is 7. The van der Waals surface area contributed by atoms with Crippen molar-refractivity contribution in [3.63, 3.8) is 0 Å². The first-order valence-corrected chi connectivity index (χ1v) is 11.4. The van der Waals surface area contributed by atoms with Crippen molar-refractivity contribution in [2.24, 2.45) is 0 Å². The van der Waals surface area contributed by atoms with E-state index in [1.54, 1.807) is 4.90 Å². The molecule has 0 atom stereocenters. The molecule has 1 heterocycles. The number of carbonyl (C=O) groups excluding carboxylic acids is 2. The number of amides is 1. The Balaban J connectivity index is 1.58. The molecule has 0 saturated heterocycles. The van der Waals surface area contributed by atoms with Gasteiger partial charge in [-0.1, -0.05) is 12.1 Å². The second-order valence-electron chi connectivity index (χ2n) is 8.03. The zero-order valence-electron chi connectivity index (χ0n) is 18.1. The number of benzene rings is 2. The SMILES string of the molecule is CN(C)S(=O)(=O)c1ccc(C(=O)OCCCN2C(=O)C(C)(C)Nc3ccccc32)cc1. The van der Waals surface area contributed by atoms with Crippen LogP contribution in [0.15, 0.2) is 53.4 Å². The van der Waals surface area contributed by atoms with Crippen molar-refractivity contribution in [1.82, 2.24) is 4.31 Å². The van der Waals surface area contributed by atoms with E-state index in [1.807, 2.05) is 38.1 Å². The maximum Gasteiger partial charge on any atom is 0.338 e. The smallest absolute Gasteiger partial charge is 0.338 e. The van der Waals surface area contributed by atoms with Crippen LogP contribution in [0.4, 0.5) is 11.4 Å². The van der Waals surface area contributed by atoms with E-state index < -0.39 is 21.5 Å². The second-order valence-corrected chi connectivity index (χ2v) is 10.2. The Labute approximate surface area is 182 Å². The summed E-state index contributed by atoms with van der Waals surface area (Å²) in [5.41, 5.74) is 1.23. The van der Waals surface area contributed by atoms with Gasteiger partial charge in [0, 0.05) is 20.6 Å². The minimum Gasteiger partial charge on any atom is -0.462 e. The first kappa shape index (κ1) is 22.8. The molecule has 0 aromatic heterocycles. The van der Waals surface area contributed by atoms with Gasteiger partial charge in [-0.15, -0.1) is 0 Å². The molecule has 1 N–H and O–H groups in total. The maximum atomic E-state index is 12.8. The number of ether oxygens (including phenoxy) is 1. The first-order valence-electron chi connectivity index (χ1n) is 9.93. The molecule has 1 amide bonds. The second kappa shape index (κ2) is 8.68.